The second kappa shape index (κ2) is 7.59. The molecule has 2 aromatic rings. The highest BCUT2D eigenvalue weighted by Gasteiger charge is 2.10. The third-order valence-electron chi connectivity index (χ3n) is 3.52. The van der Waals surface area contributed by atoms with E-state index >= 15 is 0 Å². The highest BCUT2D eigenvalue weighted by atomic mass is 19.1. The van der Waals surface area contributed by atoms with Crippen LogP contribution in [-0.4, -0.2) is 26.0 Å². The highest BCUT2D eigenvalue weighted by molar-refractivity contribution is 5.94. The number of hydrogen-bond acceptors (Lipinski definition) is 2. The number of nitrogens with one attached hydrogen (secondary N) is 1. The molecule has 0 aliphatic rings. The lowest BCUT2D eigenvalue weighted by Gasteiger charge is -2.19. The van der Waals surface area contributed by atoms with Crippen LogP contribution < -0.4 is 10.2 Å². The Morgan fingerprint density at radius 3 is 2.59 bits per heavy atom. The van der Waals surface area contributed by atoms with Crippen LogP contribution in [0.4, 0.5) is 10.1 Å². The van der Waals surface area contributed by atoms with Crippen LogP contribution in [0.1, 0.15) is 22.3 Å². The molecule has 0 aliphatic heterocycles. The zero-order valence-electron chi connectivity index (χ0n) is 13.0. The third kappa shape index (κ3) is 4.32. The van der Waals surface area contributed by atoms with E-state index in [1.54, 1.807) is 13.0 Å². The first kappa shape index (κ1) is 16.0. The van der Waals surface area contributed by atoms with Crippen LogP contribution in [0, 0.1) is 12.7 Å². The van der Waals surface area contributed by atoms with Gasteiger partial charge >= 0.3 is 0 Å². The average molecular weight is 300 g/mol. The summed E-state index contributed by atoms with van der Waals surface area (Å²) >= 11 is 0. The van der Waals surface area contributed by atoms with Crippen molar-refractivity contribution in [2.45, 2.75) is 13.3 Å². The molecule has 0 spiro atoms. The lowest BCUT2D eigenvalue weighted by Crippen LogP contribution is -2.28. The first-order chi connectivity index (χ1) is 10.6. The molecule has 0 unspecified atom stereocenters. The van der Waals surface area contributed by atoms with Crippen LogP contribution in [0.3, 0.4) is 0 Å². The largest absolute Gasteiger partial charge is 0.375 e. The molecular formula is C18H21FN2O. The second-order valence-corrected chi connectivity index (χ2v) is 5.35. The summed E-state index contributed by atoms with van der Waals surface area (Å²) in [6.07, 6.45) is 0.796. The molecule has 0 aliphatic carbocycles. The Bertz CT molecular complexity index is 628. The SMILES string of the molecule is Cc1ccc(C(=O)NCCCN(C)c2ccccc2)c(F)c1. The predicted octanol–water partition coefficient (Wildman–Crippen LogP) is 3.39. The molecule has 0 atom stereocenters. The molecule has 0 aromatic heterocycles. The van der Waals surface area contributed by atoms with E-state index in [1.165, 1.54) is 12.1 Å². The summed E-state index contributed by atoms with van der Waals surface area (Å²) in [5, 5.41) is 2.76. The van der Waals surface area contributed by atoms with Crippen LogP contribution >= 0.6 is 0 Å². The quantitative estimate of drug-likeness (QED) is 0.829. The van der Waals surface area contributed by atoms with Gasteiger partial charge in [0.2, 0.25) is 0 Å². The molecule has 116 valence electrons. The van der Waals surface area contributed by atoms with E-state index in [9.17, 15) is 9.18 Å². The molecule has 0 saturated carbocycles. The fourth-order valence-corrected chi connectivity index (χ4v) is 2.23. The zero-order chi connectivity index (χ0) is 15.9. The fourth-order valence-electron chi connectivity index (χ4n) is 2.23. The van der Waals surface area contributed by atoms with Crippen LogP contribution in [0.25, 0.3) is 0 Å². The maximum absolute atomic E-state index is 13.7. The van der Waals surface area contributed by atoms with E-state index < -0.39 is 5.82 Å². The van der Waals surface area contributed by atoms with Crippen molar-refractivity contribution < 1.29 is 9.18 Å². The van der Waals surface area contributed by atoms with Gasteiger partial charge < -0.3 is 10.2 Å². The number of nitrogens with zero attached hydrogens (tertiary/aromatic N) is 1. The number of carbonyl (C=O) groups excluding carboxylic acids is 1. The lowest BCUT2D eigenvalue weighted by molar-refractivity contribution is 0.0949. The minimum Gasteiger partial charge on any atom is -0.375 e. The smallest absolute Gasteiger partial charge is 0.254 e. The third-order valence-corrected chi connectivity index (χ3v) is 3.52. The molecule has 1 amide bonds. The molecule has 0 radical (unpaired) electrons. The first-order valence-electron chi connectivity index (χ1n) is 7.38. The lowest BCUT2D eigenvalue weighted by atomic mass is 10.1. The molecule has 0 saturated heterocycles. The molecule has 1 N–H and O–H groups in total. The maximum atomic E-state index is 13.7. The van der Waals surface area contributed by atoms with E-state index in [0.29, 0.717) is 6.54 Å². The van der Waals surface area contributed by atoms with E-state index in [4.69, 9.17) is 0 Å². The molecule has 22 heavy (non-hydrogen) atoms. The Labute approximate surface area is 130 Å². The number of para-hydroxylation sites is 1. The molecule has 2 rings (SSSR count). The molecule has 0 bridgehead atoms. The molecular weight excluding hydrogens is 279 g/mol. The van der Waals surface area contributed by atoms with Crippen LogP contribution in [0.15, 0.2) is 48.5 Å². The second-order valence-electron chi connectivity index (χ2n) is 5.35. The van der Waals surface area contributed by atoms with Crippen LogP contribution in [-0.2, 0) is 0 Å². The monoisotopic (exact) mass is 300 g/mol. The minimum atomic E-state index is -0.473. The van der Waals surface area contributed by atoms with E-state index in [-0.39, 0.29) is 11.5 Å². The number of halogens is 1. The van der Waals surface area contributed by atoms with E-state index in [1.807, 2.05) is 37.4 Å². The Morgan fingerprint density at radius 2 is 1.91 bits per heavy atom. The van der Waals surface area contributed by atoms with Gasteiger partial charge in [-0.05, 0) is 43.2 Å². The van der Waals surface area contributed by atoms with Gasteiger partial charge in [0.25, 0.3) is 5.91 Å². The standard InChI is InChI=1S/C18H21FN2O/c1-14-9-10-16(17(19)13-14)18(22)20-11-6-12-21(2)15-7-4-3-5-8-15/h3-5,7-10,13H,6,11-12H2,1-2H3,(H,20,22). The molecule has 3 nitrogen and oxygen atoms in total. The summed E-state index contributed by atoms with van der Waals surface area (Å²) in [6.45, 7) is 3.13. The van der Waals surface area contributed by atoms with Crippen molar-refractivity contribution in [2.75, 3.05) is 25.0 Å². The topological polar surface area (TPSA) is 32.3 Å². The summed E-state index contributed by atoms with van der Waals surface area (Å²) in [4.78, 5) is 14.1. The van der Waals surface area contributed by atoms with Gasteiger partial charge in [0.15, 0.2) is 0 Å². The number of hydrogen-bond donors (Lipinski definition) is 1. The Morgan fingerprint density at radius 1 is 1.18 bits per heavy atom. The molecule has 2 aromatic carbocycles. The van der Waals surface area contributed by atoms with Gasteiger partial charge in [0.05, 0.1) is 5.56 Å². The fraction of sp³-hybridized carbons (Fsp3) is 0.278. The number of aryl methyl sites for hydroxylation is 1. The Hall–Kier alpha value is -2.36. The van der Waals surface area contributed by atoms with Crippen LogP contribution in [0.5, 0.6) is 0 Å². The van der Waals surface area contributed by atoms with Crippen molar-refractivity contribution in [3.05, 3.63) is 65.5 Å². The van der Waals surface area contributed by atoms with Gasteiger partial charge in [-0.2, -0.15) is 0 Å². The first-order valence-corrected chi connectivity index (χ1v) is 7.38. The van der Waals surface area contributed by atoms with Crippen molar-refractivity contribution >= 4 is 11.6 Å². The number of rotatable bonds is 6. The average Bonchev–Trinajstić information content (AvgIpc) is 2.52. The number of carbonyl (C=O) groups is 1. The van der Waals surface area contributed by atoms with Gasteiger partial charge in [-0.3, -0.25) is 4.79 Å². The number of anilines is 1. The van der Waals surface area contributed by atoms with Crippen molar-refractivity contribution in [1.82, 2.24) is 5.32 Å². The van der Waals surface area contributed by atoms with Gasteiger partial charge in [-0.1, -0.05) is 24.3 Å². The molecule has 0 fully saturated rings. The van der Waals surface area contributed by atoms with Gasteiger partial charge in [-0.15, -0.1) is 0 Å². The summed E-state index contributed by atoms with van der Waals surface area (Å²) in [5.74, 6) is -0.834. The summed E-state index contributed by atoms with van der Waals surface area (Å²) < 4.78 is 13.7. The van der Waals surface area contributed by atoms with Gasteiger partial charge in [0, 0.05) is 25.8 Å². The minimum absolute atomic E-state index is 0.0991. The Balaban J connectivity index is 1.78. The van der Waals surface area contributed by atoms with Crippen molar-refractivity contribution in [3.63, 3.8) is 0 Å². The number of amides is 1. The number of benzene rings is 2. The van der Waals surface area contributed by atoms with Crippen LogP contribution in [0.2, 0.25) is 0 Å². The highest BCUT2D eigenvalue weighted by Crippen LogP contribution is 2.11. The van der Waals surface area contributed by atoms with Crippen molar-refractivity contribution in [2.24, 2.45) is 0 Å². The molecule has 4 heteroatoms. The predicted molar refractivity (Wildman–Crippen MR) is 87.8 cm³/mol. The van der Waals surface area contributed by atoms with E-state index in [0.717, 1.165) is 24.2 Å². The Kier molecular flexibility index (Phi) is 5.53. The summed E-state index contributed by atoms with van der Waals surface area (Å²) in [6, 6.07) is 14.7. The summed E-state index contributed by atoms with van der Waals surface area (Å²) in [5.41, 5.74) is 2.04. The van der Waals surface area contributed by atoms with Crippen molar-refractivity contribution in [1.29, 1.82) is 0 Å². The molecule has 0 heterocycles. The summed E-state index contributed by atoms with van der Waals surface area (Å²) in [7, 11) is 2.01. The van der Waals surface area contributed by atoms with Gasteiger partial charge in [-0.25, -0.2) is 4.39 Å². The maximum Gasteiger partial charge on any atom is 0.254 e. The normalized spacial score (nSPS) is 10.3. The van der Waals surface area contributed by atoms with E-state index in [2.05, 4.69) is 10.2 Å². The van der Waals surface area contributed by atoms with Gasteiger partial charge in [0.1, 0.15) is 5.82 Å². The van der Waals surface area contributed by atoms with Crippen molar-refractivity contribution in [3.8, 4) is 0 Å². The zero-order valence-corrected chi connectivity index (χ0v) is 13.0.